The van der Waals surface area contributed by atoms with Gasteiger partial charge < -0.3 is 4.90 Å². The largest absolute Gasteiger partial charge is 0.331 e. The molecule has 0 aromatic heterocycles. The van der Waals surface area contributed by atoms with Gasteiger partial charge in [-0.3, -0.25) is 19.8 Å². The van der Waals surface area contributed by atoms with Gasteiger partial charge in [-0.2, -0.15) is 0 Å². The molecule has 2 aliphatic rings. The van der Waals surface area contributed by atoms with E-state index in [9.17, 15) is 9.59 Å². The summed E-state index contributed by atoms with van der Waals surface area (Å²) in [4.78, 5) is 28.5. The first-order valence-corrected chi connectivity index (χ1v) is 9.68. The van der Waals surface area contributed by atoms with E-state index in [1.165, 1.54) is 4.90 Å². The number of nitrogens with zero attached hydrogens (tertiary/aromatic N) is 2. The summed E-state index contributed by atoms with van der Waals surface area (Å²) in [7, 11) is 0. The Balaban J connectivity index is 1.95. The Morgan fingerprint density at radius 1 is 1.29 bits per heavy atom. The summed E-state index contributed by atoms with van der Waals surface area (Å²) in [5.74, 6) is -0.951. The molecule has 3 rings (SSSR count). The van der Waals surface area contributed by atoms with Gasteiger partial charge in [-0.25, -0.2) is 0 Å². The van der Waals surface area contributed by atoms with E-state index >= 15 is 0 Å². The van der Waals surface area contributed by atoms with Gasteiger partial charge in [0.05, 0.1) is 0 Å². The molecular formula is C21H21N3O2S2. The number of amides is 2. The number of hydrogen-bond donors (Lipinski definition) is 2. The number of hydrogen-bond acceptors (Lipinski definition) is 5. The molecule has 1 saturated heterocycles. The fourth-order valence-electron chi connectivity index (χ4n) is 3.26. The van der Waals surface area contributed by atoms with Crippen molar-refractivity contribution >= 4 is 47.5 Å². The van der Waals surface area contributed by atoms with E-state index in [-0.39, 0.29) is 22.6 Å². The lowest BCUT2D eigenvalue weighted by Crippen LogP contribution is -2.54. The van der Waals surface area contributed by atoms with Crippen LogP contribution < -0.4 is 10.2 Å². The first kappa shape index (κ1) is 20.1. The van der Waals surface area contributed by atoms with Gasteiger partial charge in [0, 0.05) is 18.4 Å². The summed E-state index contributed by atoms with van der Waals surface area (Å²) in [6.07, 6.45) is 8.81. The summed E-state index contributed by atoms with van der Waals surface area (Å²) in [6, 6.07) is 6.09. The van der Waals surface area contributed by atoms with Crippen molar-refractivity contribution < 1.29 is 9.59 Å². The fourth-order valence-corrected chi connectivity index (χ4v) is 3.87. The molecule has 0 spiro atoms. The van der Waals surface area contributed by atoms with Crippen LogP contribution in [0.4, 0.5) is 5.69 Å². The topological polar surface area (TPSA) is 52.7 Å². The highest BCUT2D eigenvalue weighted by atomic mass is 32.1. The van der Waals surface area contributed by atoms with Gasteiger partial charge >= 0.3 is 0 Å². The molecular weight excluding hydrogens is 390 g/mol. The zero-order chi connectivity index (χ0) is 20.4. The van der Waals surface area contributed by atoms with Gasteiger partial charge in [0.2, 0.25) is 0 Å². The molecule has 1 fully saturated rings. The average Bonchev–Trinajstić information content (AvgIpc) is 2.64. The third-order valence-electron chi connectivity index (χ3n) is 4.60. The molecule has 1 aromatic rings. The molecule has 2 aliphatic heterocycles. The number of aryl methyl sites for hydroxylation is 2. The van der Waals surface area contributed by atoms with Crippen LogP contribution in [0, 0.1) is 13.8 Å². The number of allylic oxidation sites excluding steroid dienone is 2. The Labute approximate surface area is 175 Å². The third-order valence-corrected chi connectivity index (χ3v) is 5.47. The van der Waals surface area contributed by atoms with Crippen molar-refractivity contribution in [1.29, 1.82) is 0 Å². The second-order valence-corrected chi connectivity index (χ2v) is 7.43. The maximum atomic E-state index is 12.8. The molecule has 28 heavy (non-hydrogen) atoms. The third kappa shape index (κ3) is 3.68. The predicted molar refractivity (Wildman–Crippen MR) is 119 cm³/mol. The number of para-hydroxylation sites is 1. The number of nitrogens with one attached hydrogen (secondary N) is 1. The van der Waals surface area contributed by atoms with E-state index < -0.39 is 11.8 Å². The first-order chi connectivity index (χ1) is 13.3. The fraction of sp³-hybridized carbons (Fsp3) is 0.190. The Hall–Kier alpha value is -2.64. The summed E-state index contributed by atoms with van der Waals surface area (Å²) in [5.41, 5.74) is 4.05. The quantitative estimate of drug-likeness (QED) is 0.263. The van der Waals surface area contributed by atoms with Crippen molar-refractivity contribution in [2.24, 2.45) is 0 Å². The summed E-state index contributed by atoms with van der Waals surface area (Å²) >= 11 is 9.85. The van der Waals surface area contributed by atoms with Crippen LogP contribution in [-0.4, -0.2) is 33.7 Å². The van der Waals surface area contributed by atoms with E-state index in [0.717, 1.165) is 22.4 Å². The van der Waals surface area contributed by atoms with Gasteiger partial charge in [-0.1, -0.05) is 30.4 Å². The normalized spacial score (nSPS) is 21.1. The van der Waals surface area contributed by atoms with Crippen LogP contribution in [0.15, 0.2) is 66.4 Å². The van der Waals surface area contributed by atoms with Gasteiger partial charge in [-0.05, 0) is 54.9 Å². The molecule has 5 nitrogen and oxygen atoms in total. The standard InChI is InChI=1S/C21H21N3O2S2/c1-4-10-24-19(26)16(18(25)22-21(24)28)12-15-9-6-11-23(20(15)27)17-13(2)7-5-8-14(17)3/h4-9,11-12,20,27H,1,10H2,2-3H3,(H,22,25,28)/b16-12+. The van der Waals surface area contributed by atoms with E-state index in [0.29, 0.717) is 0 Å². The van der Waals surface area contributed by atoms with E-state index in [4.69, 9.17) is 24.8 Å². The van der Waals surface area contributed by atoms with Gasteiger partial charge in [0.15, 0.2) is 5.11 Å². The highest BCUT2D eigenvalue weighted by Crippen LogP contribution is 2.33. The highest BCUT2D eigenvalue weighted by molar-refractivity contribution is 7.81. The lowest BCUT2D eigenvalue weighted by Gasteiger charge is -2.33. The minimum atomic E-state index is -0.509. The minimum Gasteiger partial charge on any atom is -0.331 e. The smallest absolute Gasteiger partial charge is 0.265 e. The van der Waals surface area contributed by atoms with Crippen LogP contribution in [0.25, 0.3) is 0 Å². The van der Waals surface area contributed by atoms with Crippen molar-refractivity contribution in [1.82, 2.24) is 10.2 Å². The van der Waals surface area contributed by atoms with Gasteiger partial charge in [-0.15, -0.1) is 19.2 Å². The van der Waals surface area contributed by atoms with Crippen LogP contribution in [0.3, 0.4) is 0 Å². The molecule has 0 aliphatic carbocycles. The zero-order valence-electron chi connectivity index (χ0n) is 15.7. The van der Waals surface area contributed by atoms with Crippen LogP contribution in [0.2, 0.25) is 0 Å². The number of rotatable bonds is 4. The molecule has 144 valence electrons. The van der Waals surface area contributed by atoms with Crippen molar-refractivity contribution in [3.8, 4) is 0 Å². The summed E-state index contributed by atoms with van der Waals surface area (Å²) < 4.78 is 0. The van der Waals surface area contributed by atoms with Crippen LogP contribution >= 0.6 is 24.8 Å². The van der Waals surface area contributed by atoms with Crippen LogP contribution in [-0.2, 0) is 9.59 Å². The van der Waals surface area contributed by atoms with Gasteiger partial charge in [0.1, 0.15) is 10.9 Å². The minimum absolute atomic E-state index is 0.0255. The highest BCUT2D eigenvalue weighted by Gasteiger charge is 2.33. The zero-order valence-corrected chi connectivity index (χ0v) is 17.4. The molecule has 0 radical (unpaired) electrons. The number of carbonyl (C=O) groups is 2. The molecule has 1 atom stereocenters. The van der Waals surface area contributed by atoms with Crippen molar-refractivity contribution in [2.45, 2.75) is 19.2 Å². The molecule has 2 amide bonds. The molecule has 1 aromatic carbocycles. The Kier molecular flexibility index (Phi) is 5.86. The van der Waals surface area contributed by atoms with Gasteiger partial charge in [0.25, 0.3) is 11.8 Å². The van der Waals surface area contributed by atoms with Crippen LogP contribution in [0.1, 0.15) is 11.1 Å². The SMILES string of the molecule is C=CCN1C(=O)/C(=C/C2=CC=CN(c3c(C)cccc3C)C2S)C(=O)NC1=S. The lowest BCUT2D eigenvalue weighted by molar-refractivity contribution is -0.128. The van der Waals surface area contributed by atoms with Crippen molar-refractivity contribution in [3.05, 3.63) is 77.6 Å². The monoisotopic (exact) mass is 411 g/mol. The maximum absolute atomic E-state index is 12.8. The number of benzene rings is 1. The first-order valence-electron chi connectivity index (χ1n) is 8.76. The molecule has 7 heteroatoms. The van der Waals surface area contributed by atoms with E-state index in [2.05, 4.69) is 11.9 Å². The molecule has 0 saturated carbocycles. The second-order valence-electron chi connectivity index (χ2n) is 6.55. The van der Waals surface area contributed by atoms with Crippen LogP contribution in [0.5, 0.6) is 0 Å². The predicted octanol–water partition coefficient (Wildman–Crippen LogP) is 3.18. The van der Waals surface area contributed by atoms with Crippen molar-refractivity contribution in [2.75, 3.05) is 11.4 Å². The maximum Gasteiger partial charge on any atom is 0.265 e. The number of carbonyl (C=O) groups excluding carboxylic acids is 2. The Morgan fingerprint density at radius 3 is 2.61 bits per heavy atom. The van der Waals surface area contributed by atoms with Crippen molar-refractivity contribution in [3.63, 3.8) is 0 Å². The van der Waals surface area contributed by atoms with E-state index in [1.807, 2.05) is 55.3 Å². The average molecular weight is 412 g/mol. The number of thiol groups is 1. The second kappa shape index (κ2) is 8.16. The van der Waals surface area contributed by atoms with E-state index in [1.54, 1.807) is 12.2 Å². The number of thiocarbonyl (C=S) groups is 1. The Morgan fingerprint density at radius 2 is 1.96 bits per heavy atom. The number of anilines is 1. The lowest BCUT2D eigenvalue weighted by atomic mass is 10.0. The molecule has 1 N–H and O–H groups in total. The Bertz CT molecular complexity index is 942. The molecule has 1 unspecified atom stereocenters. The molecule has 2 heterocycles. The molecule has 0 bridgehead atoms. The summed E-state index contributed by atoms with van der Waals surface area (Å²) in [5, 5.41) is 2.30. The summed E-state index contributed by atoms with van der Waals surface area (Å²) in [6.45, 7) is 7.94.